The van der Waals surface area contributed by atoms with Crippen molar-refractivity contribution >= 4 is 13.0 Å². The summed E-state index contributed by atoms with van der Waals surface area (Å²) in [5.74, 6) is 2.19. The smallest absolute Gasteiger partial charge is 0.426 e. The molecule has 2 N–H and O–H groups in total. The van der Waals surface area contributed by atoms with Gasteiger partial charge in [-0.3, -0.25) is 10.7 Å². The highest BCUT2D eigenvalue weighted by molar-refractivity contribution is 6.41. The Morgan fingerprint density at radius 3 is 2.67 bits per heavy atom. The lowest BCUT2D eigenvalue weighted by Gasteiger charge is -1.84. The third-order valence-electron chi connectivity index (χ3n) is 0.462. The summed E-state index contributed by atoms with van der Waals surface area (Å²) in [6, 6.07) is 0. The van der Waals surface area contributed by atoms with Gasteiger partial charge in [0.1, 0.15) is 0 Å². The van der Waals surface area contributed by atoms with E-state index in [0.29, 0.717) is 0 Å². The van der Waals surface area contributed by atoms with Crippen molar-refractivity contribution in [3.63, 3.8) is 0 Å². The van der Waals surface area contributed by atoms with Gasteiger partial charge >= 0.3 is 7.12 Å². The van der Waals surface area contributed by atoms with Crippen LogP contribution in [0.4, 0.5) is 0 Å². The summed E-state index contributed by atoms with van der Waals surface area (Å²) in [6.45, 7) is 4.74. The molecule has 0 atom stereocenters. The van der Waals surface area contributed by atoms with E-state index in [-0.39, 0.29) is 6.44 Å². The molecule has 0 aliphatic heterocycles. The van der Waals surface area contributed by atoms with Gasteiger partial charge in [0.25, 0.3) is 0 Å². The molecule has 0 bridgehead atoms. The van der Waals surface area contributed by atoms with Crippen LogP contribution in [0, 0.1) is 6.58 Å². The standard InChI is InChI=1S/C5H5BNO2/c1-2-3-4-7-5-6(8)9/h1,8-9H,5H2/q-1. The molecule has 0 unspecified atom stereocenters. The summed E-state index contributed by atoms with van der Waals surface area (Å²) in [4.78, 5) is 3.36. The largest absolute Gasteiger partial charge is 0.475 e. The zero-order valence-corrected chi connectivity index (χ0v) is 4.70. The molecule has 0 aliphatic carbocycles. The minimum atomic E-state index is -1.43. The SMILES string of the molecule is [CH-]=C=C=C=NCB(O)O. The van der Waals surface area contributed by atoms with Crippen LogP contribution in [0.5, 0.6) is 0 Å². The maximum atomic E-state index is 8.19. The van der Waals surface area contributed by atoms with E-state index in [9.17, 15) is 0 Å². The predicted octanol–water partition coefficient (Wildman–Crippen LogP) is -1.03. The summed E-state index contributed by atoms with van der Waals surface area (Å²) in [6.07, 6.45) is -0.116. The molecule has 0 saturated carbocycles. The second-order valence-electron chi connectivity index (χ2n) is 1.20. The summed E-state index contributed by atoms with van der Waals surface area (Å²) in [5.41, 5.74) is 4.22. The molecular weight excluding hydrogens is 117 g/mol. The van der Waals surface area contributed by atoms with Crippen LogP contribution in [0.15, 0.2) is 16.5 Å². The van der Waals surface area contributed by atoms with Gasteiger partial charge in [-0.15, -0.1) is 0 Å². The van der Waals surface area contributed by atoms with Crippen LogP contribution in [-0.2, 0) is 0 Å². The van der Waals surface area contributed by atoms with E-state index in [0.717, 1.165) is 0 Å². The van der Waals surface area contributed by atoms with Crippen molar-refractivity contribution in [2.75, 3.05) is 6.44 Å². The van der Waals surface area contributed by atoms with Crippen molar-refractivity contribution in [2.24, 2.45) is 4.99 Å². The Balaban J connectivity index is 3.74. The van der Waals surface area contributed by atoms with E-state index in [1.54, 1.807) is 0 Å². The Bertz CT molecular complexity index is 183. The molecule has 0 spiro atoms. The molecule has 4 heteroatoms. The van der Waals surface area contributed by atoms with Crippen molar-refractivity contribution in [1.29, 1.82) is 0 Å². The van der Waals surface area contributed by atoms with Crippen molar-refractivity contribution in [2.45, 2.75) is 0 Å². The topological polar surface area (TPSA) is 52.8 Å². The Morgan fingerprint density at radius 2 is 2.22 bits per heavy atom. The van der Waals surface area contributed by atoms with Crippen LogP contribution in [0.25, 0.3) is 0 Å². The second kappa shape index (κ2) is 5.14. The van der Waals surface area contributed by atoms with Gasteiger partial charge in [0.05, 0.1) is 6.44 Å². The first kappa shape index (κ1) is 7.99. The fourth-order valence-corrected chi connectivity index (χ4v) is 0.199. The molecule has 0 aromatic rings. The zero-order chi connectivity index (χ0) is 7.11. The Kier molecular flexibility index (Phi) is 4.56. The molecule has 0 heterocycles. The lowest BCUT2D eigenvalue weighted by molar-refractivity contribution is 0.408. The molecular formula is C5H5BNO2-. The van der Waals surface area contributed by atoms with Crippen molar-refractivity contribution < 1.29 is 10.0 Å². The first-order valence-corrected chi connectivity index (χ1v) is 2.25. The minimum Gasteiger partial charge on any atom is -0.426 e. The fourth-order valence-electron chi connectivity index (χ4n) is 0.199. The van der Waals surface area contributed by atoms with E-state index < -0.39 is 7.12 Å². The fraction of sp³-hybridized carbons (Fsp3) is 0.200. The van der Waals surface area contributed by atoms with E-state index in [1.165, 1.54) is 0 Å². The van der Waals surface area contributed by atoms with E-state index in [2.05, 4.69) is 16.6 Å². The van der Waals surface area contributed by atoms with Gasteiger partial charge in [-0.25, -0.2) is 12.3 Å². The van der Waals surface area contributed by atoms with Crippen LogP contribution >= 0.6 is 0 Å². The van der Waals surface area contributed by atoms with Crippen LogP contribution in [0.2, 0.25) is 0 Å². The molecule has 0 aliphatic rings. The maximum Gasteiger partial charge on any atom is 0.475 e. The molecule has 9 heavy (non-hydrogen) atoms. The molecule has 0 fully saturated rings. The molecule has 0 aromatic heterocycles. The molecule has 0 aromatic carbocycles. The van der Waals surface area contributed by atoms with Gasteiger partial charge in [0, 0.05) is 0 Å². The van der Waals surface area contributed by atoms with Gasteiger partial charge in [-0.05, 0) is 0 Å². The van der Waals surface area contributed by atoms with Crippen LogP contribution in [-0.4, -0.2) is 29.5 Å². The number of aliphatic imine (C=N–C) groups is 1. The van der Waals surface area contributed by atoms with E-state index in [1.807, 2.05) is 5.73 Å². The number of hydrogen-bond acceptors (Lipinski definition) is 3. The first-order valence-electron chi connectivity index (χ1n) is 2.25. The highest BCUT2D eigenvalue weighted by Crippen LogP contribution is 1.66. The van der Waals surface area contributed by atoms with Crippen molar-refractivity contribution in [3.05, 3.63) is 18.0 Å². The lowest BCUT2D eigenvalue weighted by Crippen LogP contribution is -2.15. The highest BCUT2D eigenvalue weighted by atomic mass is 16.4. The average molecular weight is 122 g/mol. The second-order valence-corrected chi connectivity index (χ2v) is 1.20. The number of nitrogens with zero attached hydrogens (tertiary/aromatic N) is 1. The number of rotatable bonds is 2. The van der Waals surface area contributed by atoms with Gasteiger partial charge < -0.3 is 10.0 Å². The first-order chi connectivity index (χ1) is 4.27. The van der Waals surface area contributed by atoms with E-state index in [4.69, 9.17) is 16.6 Å². The maximum absolute atomic E-state index is 8.19. The molecule has 46 valence electrons. The molecule has 3 nitrogen and oxygen atoms in total. The Labute approximate surface area is 53.5 Å². The van der Waals surface area contributed by atoms with E-state index >= 15 is 0 Å². The van der Waals surface area contributed by atoms with Gasteiger partial charge in [-0.2, -0.15) is 0 Å². The minimum absolute atomic E-state index is 0.116. The number of hydrogen-bond donors (Lipinski definition) is 2. The van der Waals surface area contributed by atoms with Crippen LogP contribution < -0.4 is 0 Å². The Hall–Kier alpha value is -1.01. The molecule has 0 saturated heterocycles. The predicted molar refractivity (Wildman–Crippen MR) is 33.8 cm³/mol. The van der Waals surface area contributed by atoms with Crippen LogP contribution in [0.1, 0.15) is 0 Å². The Morgan fingerprint density at radius 1 is 1.56 bits per heavy atom. The van der Waals surface area contributed by atoms with Crippen molar-refractivity contribution in [3.8, 4) is 0 Å². The quantitative estimate of drug-likeness (QED) is 0.213. The third-order valence-corrected chi connectivity index (χ3v) is 0.462. The summed E-state index contributed by atoms with van der Waals surface area (Å²) in [7, 11) is -1.43. The normalized spacial score (nSPS) is 6.44. The van der Waals surface area contributed by atoms with Gasteiger partial charge in [-0.1, -0.05) is 5.87 Å². The lowest BCUT2D eigenvalue weighted by atomic mass is 9.93. The van der Waals surface area contributed by atoms with Gasteiger partial charge in [0.2, 0.25) is 0 Å². The average Bonchev–Trinajstić information content (AvgIpc) is 1.80. The summed E-state index contributed by atoms with van der Waals surface area (Å²) >= 11 is 0. The summed E-state index contributed by atoms with van der Waals surface area (Å²) < 4.78 is 0. The van der Waals surface area contributed by atoms with Gasteiger partial charge in [0.15, 0.2) is 0 Å². The monoisotopic (exact) mass is 122 g/mol. The summed E-state index contributed by atoms with van der Waals surface area (Å²) in [5, 5.41) is 16.4. The molecule has 0 radical (unpaired) electrons. The van der Waals surface area contributed by atoms with Crippen LogP contribution in [0.3, 0.4) is 0 Å². The zero-order valence-electron chi connectivity index (χ0n) is 4.70. The van der Waals surface area contributed by atoms with Crippen molar-refractivity contribution in [1.82, 2.24) is 0 Å². The molecule has 0 rings (SSSR count). The third kappa shape index (κ3) is 6.99. The highest BCUT2D eigenvalue weighted by Gasteiger charge is 2.01. The molecule has 0 amide bonds.